The van der Waals surface area contributed by atoms with Crippen molar-refractivity contribution >= 4 is 5.97 Å². The number of carboxylic acid groups (broad SMARTS) is 1. The highest BCUT2D eigenvalue weighted by atomic mass is 16.4. The van der Waals surface area contributed by atoms with Crippen LogP contribution in [0.15, 0.2) is 0 Å². The number of aliphatic carboxylic acids is 1. The molecule has 0 bridgehead atoms. The Bertz CT molecular complexity index is 203. The van der Waals surface area contributed by atoms with Gasteiger partial charge in [-0.3, -0.25) is 9.69 Å². The van der Waals surface area contributed by atoms with Crippen molar-refractivity contribution in [3.05, 3.63) is 0 Å². The van der Waals surface area contributed by atoms with Crippen LogP contribution in [0.3, 0.4) is 0 Å². The lowest BCUT2D eigenvalue weighted by molar-refractivity contribution is -0.143. The topological polar surface area (TPSA) is 52.6 Å². The summed E-state index contributed by atoms with van der Waals surface area (Å²) in [6.07, 6.45) is 4.03. The van der Waals surface area contributed by atoms with E-state index in [0.717, 1.165) is 25.9 Å². The molecule has 0 radical (unpaired) electrons. The number of hydrogen-bond donors (Lipinski definition) is 2. The molecule has 4 heteroatoms. The second kappa shape index (κ2) is 6.08. The monoisotopic (exact) mass is 214 g/mol. The van der Waals surface area contributed by atoms with Crippen molar-refractivity contribution in [2.24, 2.45) is 0 Å². The van der Waals surface area contributed by atoms with Crippen LogP contribution in [-0.2, 0) is 4.79 Å². The van der Waals surface area contributed by atoms with Crippen LogP contribution < -0.4 is 5.32 Å². The smallest absolute Gasteiger partial charge is 0.320 e. The first kappa shape index (κ1) is 12.5. The van der Waals surface area contributed by atoms with E-state index in [1.165, 1.54) is 12.8 Å². The molecule has 2 unspecified atom stereocenters. The standard InChI is InChI=1S/C11H22N2O2/c1-3-5-10(11(14)15)13(2)8-9-6-4-7-12-9/h9-10,12H,3-8H2,1-2H3,(H,14,15). The van der Waals surface area contributed by atoms with Crippen molar-refractivity contribution in [1.29, 1.82) is 0 Å². The molecule has 1 rings (SSSR count). The average molecular weight is 214 g/mol. The minimum absolute atomic E-state index is 0.322. The van der Waals surface area contributed by atoms with E-state index in [1.54, 1.807) is 0 Å². The highest BCUT2D eigenvalue weighted by Gasteiger charge is 2.24. The van der Waals surface area contributed by atoms with E-state index in [9.17, 15) is 4.79 Å². The molecule has 0 aromatic carbocycles. The Kier molecular flexibility index (Phi) is 5.05. The van der Waals surface area contributed by atoms with Crippen LogP contribution in [0.25, 0.3) is 0 Å². The fraction of sp³-hybridized carbons (Fsp3) is 0.909. The number of nitrogens with zero attached hydrogens (tertiary/aromatic N) is 1. The molecule has 1 heterocycles. The Hall–Kier alpha value is -0.610. The van der Waals surface area contributed by atoms with E-state index < -0.39 is 5.97 Å². The molecule has 0 spiro atoms. The molecule has 88 valence electrons. The van der Waals surface area contributed by atoms with Crippen LogP contribution in [0.2, 0.25) is 0 Å². The molecule has 0 amide bonds. The Morgan fingerprint density at radius 1 is 1.67 bits per heavy atom. The molecule has 0 aromatic rings. The van der Waals surface area contributed by atoms with Gasteiger partial charge in [-0.2, -0.15) is 0 Å². The van der Waals surface area contributed by atoms with E-state index >= 15 is 0 Å². The van der Waals surface area contributed by atoms with Crippen molar-refractivity contribution in [2.45, 2.75) is 44.7 Å². The van der Waals surface area contributed by atoms with Crippen molar-refractivity contribution in [2.75, 3.05) is 20.1 Å². The second-order valence-electron chi connectivity index (χ2n) is 4.38. The predicted octanol–water partition coefficient (Wildman–Crippen LogP) is 0.923. The van der Waals surface area contributed by atoms with Gasteiger partial charge in [0.05, 0.1) is 0 Å². The summed E-state index contributed by atoms with van der Waals surface area (Å²) in [7, 11) is 1.91. The fourth-order valence-electron chi connectivity index (χ4n) is 2.19. The van der Waals surface area contributed by atoms with Crippen molar-refractivity contribution in [3.63, 3.8) is 0 Å². The molecule has 0 saturated carbocycles. The van der Waals surface area contributed by atoms with Crippen molar-refractivity contribution < 1.29 is 9.90 Å². The Morgan fingerprint density at radius 3 is 2.87 bits per heavy atom. The van der Waals surface area contributed by atoms with Gasteiger partial charge < -0.3 is 10.4 Å². The van der Waals surface area contributed by atoms with Crippen LogP contribution in [0, 0.1) is 0 Å². The predicted molar refractivity (Wildman–Crippen MR) is 60.0 cm³/mol. The van der Waals surface area contributed by atoms with Crippen LogP contribution in [0.1, 0.15) is 32.6 Å². The van der Waals surface area contributed by atoms with Crippen molar-refractivity contribution in [1.82, 2.24) is 10.2 Å². The van der Waals surface area contributed by atoms with Gasteiger partial charge in [-0.05, 0) is 32.9 Å². The van der Waals surface area contributed by atoms with Gasteiger partial charge in [0.15, 0.2) is 0 Å². The first-order valence-corrected chi connectivity index (χ1v) is 5.81. The maximum atomic E-state index is 11.0. The largest absolute Gasteiger partial charge is 0.480 e. The van der Waals surface area contributed by atoms with E-state index in [4.69, 9.17) is 5.11 Å². The summed E-state index contributed by atoms with van der Waals surface area (Å²) in [5, 5.41) is 12.5. The van der Waals surface area contributed by atoms with Gasteiger partial charge in [0.25, 0.3) is 0 Å². The third kappa shape index (κ3) is 3.80. The number of rotatable bonds is 6. The number of carboxylic acids is 1. The van der Waals surface area contributed by atoms with Gasteiger partial charge in [0.2, 0.25) is 0 Å². The summed E-state index contributed by atoms with van der Waals surface area (Å²) in [5.74, 6) is -0.697. The lowest BCUT2D eigenvalue weighted by Crippen LogP contribution is -2.44. The first-order valence-electron chi connectivity index (χ1n) is 5.81. The normalized spacial score (nSPS) is 23.3. The summed E-state index contributed by atoms with van der Waals surface area (Å²) in [4.78, 5) is 13.0. The Balaban J connectivity index is 2.40. The molecule has 1 fully saturated rings. The highest BCUT2D eigenvalue weighted by molar-refractivity contribution is 5.73. The fourth-order valence-corrected chi connectivity index (χ4v) is 2.19. The number of hydrogen-bond acceptors (Lipinski definition) is 3. The van der Waals surface area contributed by atoms with Gasteiger partial charge in [-0.1, -0.05) is 13.3 Å². The number of likely N-dealkylation sites (N-methyl/N-ethyl adjacent to an activating group) is 1. The zero-order valence-corrected chi connectivity index (χ0v) is 9.70. The zero-order chi connectivity index (χ0) is 11.3. The highest BCUT2D eigenvalue weighted by Crippen LogP contribution is 2.10. The van der Waals surface area contributed by atoms with Crippen LogP contribution >= 0.6 is 0 Å². The van der Waals surface area contributed by atoms with Gasteiger partial charge in [0, 0.05) is 12.6 Å². The van der Waals surface area contributed by atoms with Gasteiger partial charge >= 0.3 is 5.97 Å². The lowest BCUT2D eigenvalue weighted by Gasteiger charge is -2.27. The molecule has 1 saturated heterocycles. The van der Waals surface area contributed by atoms with E-state index in [2.05, 4.69) is 5.32 Å². The first-order chi connectivity index (χ1) is 7.15. The Morgan fingerprint density at radius 2 is 2.40 bits per heavy atom. The third-order valence-electron chi connectivity index (χ3n) is 3.05. The Labute approximate surface area is 91.6 Å². The molecule has 15 heavy (non-hydrogen) atoms. The van der Waals surface area contributed by atoms with Crippen LogP contribution in [0.5, 0.6) is 0 Å². The van der Waals surface area contributed by atoms with Gasteiger partial charge in [-0.15, -0.1) is 0 Å². The SMILES string of the molecule is CCCC(C(=O)O)N(C)CC1CCCN1. The average Bonchev–Trinajstić information content (AvgIpc) is 2.65. The zero-order valence-electron chi connectivity index (χ0n) is 9.70. The van der Waals surface area contributed by atoms with E-state index in [1.807, 2.05) is 18.9 Å². The van der Waals surface area contributed by atoms with Gasteiger partial charge in [-0.25, -0.2) is 0 Å². The van der Waals surface area contributed by atoms with Crippen LogP contribution in [0.4, 0.5) is 0 Å². The molecule has 1 aliphatic heterocycles. The summed E-state index contributed by atoms with van der Waals surface area (Å²) in [5.41, 5.74) is 0. The molecule has 4 nitrogen and oxygen atoms in total. The van der Waals surface area contributed by atoms with Crippen LogP contribution in [-0.4, -0.2) is 48.2 Å². The molecule has 2 atom stereocenters. The third-order valence-corrected chi connectivity index (χ3v) is 3.05. The maximum absolute atomic E-state index is 11.0. The summed E-state index contributed by atoms with van der Waals surface area (Å²) in [6.45, 7) is 3.94. The number of nitrogens with one attached hydrogen (secondary N) is 1. The minimum Gasteiger partial charge on any atom is -0.480 e. The van der Waals surface area contributed by atoms with E-state index in [0.29, 0.717) is 6.04 Å². The molecule has 0 aromatic heterocycles. The minimum atomic E-state index is -0.697. The molecular formula is C11H22N2O2. The van der Waals surface area contributed by atoms with Gasteiger partial charge in [0.1, 0.15) is 6.04 Å². The summed E-state index contributed by atoms with van der Waals surface area (Å²) in [6, 6.07) is 0.158. The lowest BCUT2D eigenvalue weighted by atomic mass is 10.1. The molecule has 0 aliphatic carbocycles. The van der Waals surface area contributed by atoms with E-state index in [-0.39, 0.29) is 6.04 Å². The van der Waals surface area contributed by atoms with Crippen molar-refractivity contribution in [3.8, 4) is 0 Å². The quantitative estimate of drug-likeness (QED) is 0.690. The summed E-state index contributed by atoms with van der Waals surface area (Å²) >= 11 is 0. The maximum Gasteiger partial charge on any atom is 0.320 e. The molecule has 1 aliphatic rings. The molecule has 2 N–H and O–H groups in total. The molecular weight excluding hydrogens is 192 g/mol. The summed E-state index contributed by atoms with van der Waals surface area (Å²) < 4.78 is 0. The number of carbonyl (C=O) groups is 1. The second-order valence-corrected chi connectivity index (χ2v) is 4.38.